The van der Waals surface area contributed by atoms with Crippen molar-refractivity contribution in [1.29, 1.82) is 0 Å². The van der Waals surface area contributed by atoms with Gasteiger partial charge in [0, 0.05) is 38.6 Å². The SMILES string of the molecule is CN=C(NCC(C)N(C)Cc1ccccc1)NC1CCc2nc(C)nn2C1. The molecule has 2 N–H and O–H groups in total. The van der Waals surface area contributed by atoms with Crippen molar-refractivity contribution in [2.24, 2.45) is 4.99 Å². The lowest BCUT2D eigenvalue weighted by Crippen LogP contribution is -2.49. The number of hydrogen-bond donors (Lipinski definition) is 2. The molecule has 0 spiro atoms. The van der Waals surface area contributed by atoms with Gasteiger partial charge in [-0.05, 0) is 32.9 Å². The largest absolute Gasteiger partial charge is 0.355 e. The van der Waals surface area contributed by atoms with Crippen LogP contribution in [0.5, 0.6) is 0 Å². The van der Waals surface area contributed by atoms with Gasteiger partial charge in [0.1, 0.15) is 11.6 Å². The minimum absolute atomic E-state index is 0.321. The smallest absolute Gasteiger partial charge is 0.191 e. The Labute approximate surface area is 161 Å². The van der Waals surface area contributed by atoms with E-state index in [1.54, 1.807) is 0 Å². The number of fused-ring (bicyclic) bond motifs is 1. The van der Waals surface area contributed by atoms with E-state index >= 15 is 0 Å². The molecule has 0 saturated carbocycles. The van der Waals surface area contributed by atoms with Gasteiger partial charge in [-0.15, -0.1) is 0 Å². The van der Waals surface area contributed by atoms with E-state index in [0.717, 1.165) is 50.1 Å². The molecule has 0 aliphatic carbocycles. The molecule has 0 bridgehead atoms. The second-order valence-electron chi connectivity index (χ2n) is 7.34. The number of guanidine groups is 1. The summed E-state index contributed by atoms with van der Waals surface area (Å²) in [5.41, 5.74) is 1.33. The highest BCUT2D eigenvalue weighted by Gasteiger charge is 2.21. The first-order valence-corrected chi connectivity index (χ1v) is 9.67. The Morgan fingerprint density at radius 2 is 2.15 bits per heavy atom. The van der Waals surface area contributed by atoms with Gasteiger partial charge in [-0.25, -0.2) is 9.67 Å². The van der Waals surface area contributed by atoms with E-state index in [4.69, 9.17) is 0 Å². The van der Waals surface area contributed by atoms with Crippen molar-refractivity contribution in [1.82, 2.24) is 30.3 Å². The Morgan fingerprint density at radius 3 is 2.89 bits per heavy atom. The van der Waals surface area contributed by atoms with Crippen molar-refractivity contribution in [2.45, 2.75) is 51.9 Å². The Morgan fingerprint density at radius 1 is 1.37 bits per heavy atom. The van der Waals surface area contributed by atoms with E-state index in [0.29, 0.717) is 12.1 Å². The topological polar surface area (TPSA) is 70.4 Å². The molecule has 0 saturated heterocycles. The van der Waals surface area contributed by atoms with Crippen LogP contribution < -0.4 is 10.6 Å². The predicted octanol–water partition coefficient (Wildman–Crippen LogP) is 1.59. The standard InChI is InChI=1S/C20H31N7/c1-15(26(4)13-17-8-6-5-7-9-17)12-22-20(21-3)24-18-10-11-19-23-16(2)25-27(19)14-18/h5-9,15,18H,10-14H2,1-4H3,(H2,21,22,24). The first-order valence-electron chi connectivity index (χ1n) is 9.67. The molecule has 1 aromatic heterocycles. The Kier molecular flexibility index (Phi) is 6.45. The van der Waals surface area contributed by atoms with Gasteiger partial charge in [-0.1, -0.05) is 30.3 Å². The third-order valence-electron chi connectivity index (χ3n) is 5.12. The van der Waals surface area contributed by atoms with Crippen molar-refractivity contribution in [2.75, 3.05) is 20.6 Å². The highest BCUT2D eigenvalue weighted by atomic mass is 15.4. The maximum absolute atomic E-state index is 4.47. The number of nitrogens with one attached hydrogen (secondary N) is 2. The number of hydrogen-bond acceptors (Lipinski definition) is 4. The molecule has 7 heteroatoms. The van der Waals surface area contributed by atoms with Gasteiger partial charge in [-0.3, -0.25) is 9.89 Å². The van der Waals surface area contributed by atoms with Crippen LogP contribution in [-0.2, 0) is 19.5 Å². The molecule has 7 nitrogen and oxygen atoms in total. The van der Waals surface area contributed by atoms with Gasteiger partial charge in [0.05, 0.1) is 6.54 Å². The highest BCUT2D eigenvalue weighted by Crippen LogP contribution is 2.12. The van der Waals surface area contributed by atoms with Crippen LogP contribution in [0.15, 0.2) is 35.3 Å². The molecule has 2 atom stereocenters. The van der Waals surface area contributed by atoms with Crippen LogP contribution in [0.25, 0.3) is 0 Å². The van der Waals surface area contributed by atoms with Crippen LogP contribution in [0, 0.1) is 6.92 Å². The molecule has 2 heterocycles. The summed E-state index contributed by atoms with van der Waals surface area (Å²) < 4.78 is 2.01. The Balaban J connectivity index is 1.46. The summed E-state index contributed by atoms with van der Waals surface area (Å²) >= 11 is 0. The molecule has 27 heavy (non-hydrogen) atoms. The summed E-state index contributed by atoms with van der Waals surface area (Å²) in [6.07, 6.45) is 1.99. The van der Waals surface area contributed by atoms with Crippen LogP contribution >= 0.6 is 0 Å². The summed E-state index contributed by atoms with van der Waals surface area (Å²) in [6.45, 7) is 6.78. The Hall–Kier alpha value is -2.41. The first-order chi connectivity index (χ1) is 13.0. The summed E-state index contributed by atoms with van der Waals surface area (Å²) in [6, 6.07) is 11.3. The van der Waals surface area contributed by atoms with Crippen molar-refractivity contribution in [3.05, 3.63) is 47.5 Å². The normalized spacial score (nSPS) is 18.3. The van der Waals surface area contributed by atoms with E-state index in [1.807, 2.05) is 18.7 Å². The Bertz CT molecular complexity index is 753. The lowest BCUT2D eigenvalue weighted by atomic mass is 10.1. The monoisotopic (exact) mass is 369 g/mol. The van der Waals surface area contributed by atoms with E-state index in [9.17, 15) is 0 Å². The second-order valence-corrected chi connectivity index (χ2v) is 7.34. The lowest BCUT2D eigenvalue weighted by molar-refractivity contribution is 0.249. The number of likely N-dealkylation sites (N-methyl/N-ethyl adjacent to an activating group) is 1. The van der Waals surface area contributed by atoms with Crippen molar-refractivity contribution in [3.8, 4) is 0 Å². The van der Waals surface area contributed by atoms with Gasteiger partial charge >= 0.3 is 0 Å². The number of benzene rings is 1. The van der Waals surface area contributed by atoms with Crippen LogP contribution in [-0.4, -0.2) is 58.3 Å². The summed E-state index contributed by atoms with van der Waals surface area (Å²) in [7, 11) is 3.98. The van der Waals surface area contributed by atoms with Crippen LogP contribution in [0.1, 0.15) is 30.6 Å². The fourth-order valence-electron chi connectivity index (χ4n) is 3.37. The lowest BCUT2D eigenvalue weighted by Gasteiger charge is -2.28. The van der Waals surface area contributed by atoms with Gasteiger partial charge in [0.25, 0.3) is 0 Å². The van der Waals surface area contributed by atoms with Crippen LogP contribution in [0.4, 0.5) is 0 Å². The summed E-state index contributed by atoms with van der Waals surface area (Å²) in [4.78, 5) is 11.2. The fraction of sp³-hybridized carbons (Fsp3) is 0.550. The molecule has 0 radical (unpaired) electrons. The minimum Gasteiger partial charge on any atom is -0.355 e. The zero-order chi connectivity index (χ0) is 19.2. The van der Waals surface area contributed by atoms with Gasteiger partial charge in [-0.2, -0.15) is 5.10 Å². The van der Waals surface area contributed by atoms with E-state index in [1.165, 1.54) is 5.56 Å². The quantitative estimate of drug-likeness (QED) is 0.598. The van der Waals surface area contributed by atoms with Gasteiger partial charge in [0.15, 0.2) is 5.96 Å². The fourth-order valence-corrected chi connectivity index (χ4v) is 3.37. The third-order valence-corrected chi connectivity index (χ3v) is 5.12. The van der Waals surface area contributed by atoms with Gasteiger partial charge < -0.3 is 10.6 Å². The first kappa shape index (κ1) is 19.4. The zero-order valence-corrected chi connectivity index (χ0v) is 16.8. The average Bonchev–Trinajstić information content (AvgIpc) is 3.04. The van der Waals surface area contributed by atoms with E-state index in [-0.39, 0.29) is 0 Å². The maximum Gasteiger partial charge on any atom is 0.191 e. The molecule has 0 amide bonds. The molecule has 1 aliphatic rings. The van der Waals surface area contributed by atoms with Crippen molar-refractivity contribution >= 4 is 5.96 Å². The van der Waals surface area contributed by atoms with Gasteiger partial charge in [0.2, 0.25) is 0 Å². The zero-order valence-electron chi connectivity index (χ0n) is 16.8. The molecule has 2 unspecified atom stereocenters. The molecule has 1 aliphatic heterocycles. The van der Waals surface area contributed by atoms with Crippen molar-refractivity contribution in [3.63, 3.8) is 0 Å². The number of nitrogens with zero attached hydrogens (tertiary/aromatic N) is 5. The average molecular weight is 370 g/mol. The maximum atomic E-state index is 4.47. The molecule has 146 valence electrons. The molecule has 1 aromatic carbocycles. The third kappa shape index (κ3) is 5.29. The van der Waals surface area contributed by atoms with Crippen LogP contribution in [0.2, 0.25) is 0 Å². The summed E-state index contributed by atoms with van der Waals surface area (Å²) in [5, 5.41) is 11.5. The minimum atomic E-state index is 0.321. The van der Waals surface area contributed by atoms with Crippen LogP contribution in [0.3, 0.4) is 0 Å². The second kappa shape index (κ2) is 8.99. The highest BCUT2D eigenvalue weighted by molar-refractivity contribution is 5.80. The van der Waals surface area contributed by atoms with Crippen molar-refractivity contribution < 1.29 is 0 Å². The number of rotatable bonds is 6. The molecule has 3 rings (SSSR count). The molecular weight excluding hydrogens is 338 g/mol. The number of aryl methyl sites for hydroxylation is 2. The molecule has 0 fully saturated rings. The predicted molar refractivity (Wildman–Crippen MR) is 109 cm³/mol. The molecular formula is C20H31N7. The number of aromatic nitrogens is 3. The molecule has 2 aromatic rings. The van der Waals surface area contributed by atoms with E-state index < -0.39 is 0 Å². The summed E-state index contributed by atoms with van der Waals surface area (Å²) in [5.74, 6) is 2.79. The number of aliphatic imine (C=N–C) groups is 1. The van der Waals surface area contributed by atoms with E-state index in [2.05, 4.69) is 74.9 Å².